The van der Waals surface area contributed by atoms with Gasteiger partial charge in [0.05, 0.1) is 5.75 Å². The van der Waals surface area contributed by atoms with Gasteiger partial charge < -0.3 is 20.9 Å². The number of aromatic nitrogens is 4. The Labute approximate surface area is 188 Å². The van der Waals surface area contributed by atoms with E-state index in [4.69, 9.17) is 10.3 Å². The Morgan fingerprint density at radius 1 is 1.06 bits per heavy atom. The number of nitrogens with two attached hydrogens (primary N) is 1. The van der Waals surface area contributed by atoms with Crippen molar-refractivity contribution in [2.24, 2.45) is 0 Å². The average Bonchev–Trinajstić information content (AvgIpc) is 3.19. The first-order valence-electron chi connectivity index (χ1n) is 9.80. The van der Waals surface area contributed by atoms with E-state index in [9.17, 15) is 4.79 Å². The molecule has 0 fully saturated rings. The van der Waals surface area contributed by atoms with Crippen LogP contribution in [-0.4, -0.2) is 26.0 Å². The largest absolute Gasteiger partial charge is 0.368 e. The zero-order valence-corrected chi connectivity index (χ0v) is 18.0. The highest BCUT2D eigenvalue weighted by molar-refractivity contribution is 7.99. The lowest BCUT2D eigenvalue weighted by molar-refractivity contribution is -0.115. The van der Waals surface area contributed by atoms with Crippen molar-refractivity contribution in [3.63, 3.8) is 0 Å². The molecule has 0 saturated heterocycles. The van der Waals surface area contributed by atoms with E-state index >= 15 is 0 Å². The highest BCUT2D eigenvalue weighted by Crippen LogP contribution is 2.32. The summed E-state index contributed by atoms with van der Waals surface area (Å²) in [4.78, 5) is 25.8. The van der Waals surface area contributed by atoms with E-state index in [-0.39, 0.29) is 11.9 Å². The maximum Gasteiger partial charge on any atom is 0.243 e. The molecule has 4 rings (SSSR count). The maximum absolute atomic E-state index is 13.0. The molecule has 0 radical (unpaired) electrons. The van der Waals surface area contributed by atoms with Gasteiger partial charge in [-0.25, -0.2) is 0 Å². The van der Waals surface area contributed by atoms with Gasteiger partial charge in [0.1, 0.15) is 16.8 Å². The molecule has 0 bridgehead atoms. The fourth-order valence-corrected chi connectivity index (χ4v) is 3.94. The third-order valence-electron chi connectivity index (χ3n) is 4.33. The first kappa shape index (κ1) is 21.3. The van der Waals surface area contributed by atoms with Gasteiger partial charge in [-0.1, -0.05) is 53.7 Å². The molecule has 4 aromatic rings. The Hall–Kier alpha value is -3.92. The highest BCUT2D eigenvalue weighted by atomic mass is 32.2. The standard InChI is InChI=1S/C22H21N7O2S/c1-14-12-17(29-31-14)25-20(30)19(15-8-4-2-5-9-15)32-13-18-26-21(23)28-22(27-18)24-16-10-6-3-7-11-16/h2-12,19H,13H2,1H3,(H,25,29,30)(H3,23,24,26,27,28). The number of para-hydroxylation sites is 1. The molecule has 1 atom stereocenters. The quantitative estimate of drug-likeness (QED) is 0.365. The monoisotopic (exact) mass is 447 g/mol. The Balaban J connectivity index is 1.51. The number of thioether (sulfide) groups is 1. The number of amides is 1. The first-order chi connectivity index (χ1) is 15.6. The van der Waals surface area contributed by atoms with Crippen LogP contribution in [-0.2, 0) is 10.5 Å². The highest BCUT2D eigenvalue weighted by Gasteiger charge is 2.23. The third kappa shape index (κ3) is 5.61. The van der Waals surface area contributed by atoms with Crippen molar-refractivity contribution in [1.82, 2.24) is 20.1 Å². The molecular formula is C22H21N7O2S. The zero-order valence-electron chi connectivity index (χ0n) is 17.2. The van der Waals surface area contributed by atoms with Gasteiger partial charge >= 0.3 is 0 Å². The van der Waals surface area contributed by atoms with Gasteiger partial charge in [-0.2, -0.15) is 15.0 Å². The van der Waals surface area contributed by atoms with Crippen LogP contribution in [0.1, 0.15) is 22.4 Å². The molecule has 0 aliphatic carbocycles. The molecule has 162 valence electrons. The Bertz CT molecular complexity index is 1190. The molecule has 32 heavy (non-hydrogen) atoms. The van der Waals surface area contributed by atoms with Crippen LogP contribution in [0.25, 0.3) is 0 Å². The van der Waals surface area contributed by atoms with Crippen LogP contribution in [0.3, 0.4) is 0 Å². The molecule has 1 amide bonds. The number of carbonyl (C=O) groups excluding carboxylic acids is 1. The van der Waals surface area contributed by atoms with Crippen molar-refractivity contribution in [1.29, 1.82) is 0 Å². The van der Waals surface area contributed by atoms with Crippen LogP contribution in [0.15, 0.2) is 71.3 Å². The number of hydrogen-bond acceptors (Lipinski definition) is 9. The van der Waals surface area contributed by atoms with Gasteiger partial charge in [0, 0.05) is 11.8 Å². The van der Waals surface area contributed by atoms with Gasteiger partial charge in [-0.15, -0.1) is 11.8 Å². The molecule has 2 aromatic carbocycles. The maximum atomic E-state index is 13.0. The summed E-state index contributed by atoms with van der Waals surface area (Å²) < 4.78 is 5.04. The summed E-state index contributed by atoms with van der Waals surface area (Å²) in [5.41, 5.74) is 7.57. The van der Waals surface area contributed by atoms with Crippen molar-refractivity contribution in [3.05, 3.63) is 83.9 Å². The lowest BCUT2D eigenvalue weighted by Gasteiger charge is -2.16. The molecule has 4 N–H and O–H groups in total. The second-order valence-electron chi connectivity index (χ2n) is 6.84. The number of nitrogens with zero attached hydrogens (tertiary/aromatic N) is 4. The van der Waals surface area contributed by atoms with E-state index in [1.165, 1.54) is 11.8 Å². The Kier molecular flexibility index (Phi) is 6.61. The Morgan fingerprint density at radius 2 is 1.78 bits per heavy atom. The van der Waals surface area contributed by atoms with Crippen molar-refractivity contribution in [2.45, 2.75) is 17.9 Å². The number of nitrogen functional groups attached to an aromatic ring is 1. The lowest BCUT2D eigenvalue weighted by atomic mass is 10.1. The zero-order chi connectivity index (χ0) is 22.3. The fourth-order valence-electron chi connectivity index (χ4n) is 2.94. The van der Waals surface area contributed by atoms with E-state index in [0.717, 1.165) is 11.3 Å². The molecule has 2 aromatic heterocycles. The number of aryl methyl sites for hydroxylation is 1. The minimum atomic E-state index is -0.517. The molecule has 10 heteroatoms. The fraction of sp³-hybridized carbons (Fsp3) is 0.136. The number of hydrogen-bond donors (Lipinski definition) is 3. The molecule has 0 aliphatic heterocycles. The molecule has 2 heterocycles. The van der Waals surface area contributed by atoms with Crippen LogP contribution < -0.4 is 16.4 Å². The van der Waals surface area contributed by atoms with Gasteiger partial charge in [-0.3, -0.25) is 4.79 Å². The number of benzene rings is 2. The number of carbonyl (C=O) groups is 1. The minimum absolute atomic E-state index is 0.104. The summed E-state index contributed by atoms with van der Waals surface area (Å²) in [5, 5.41) is 9.23. The average molecular weight is 448 g/mol. The third-order valence-corrected chi connectivity index (χ3v) is 5.57. The van der Waals surface area contributed by atoms with Crippen molar-refractivity contribution >= 4 is 41.1 Å². The van der Waals surface area contributed by atoms with Crippen molar-refractivity contribution in [2.75, 3.05) is 16.4 Å². The van der Waals surface area contributed by atoms with Crippen LogP contribution in [0.4, 0.5) is 23.4 Å². The van der Waals surface area contributed by atoms with Crippen LogP contribution in [0, 0.1) is 6.92 Å². The Morgan fingerprint density at radius 3 is 2.47 bits per heavy atom. The predicted molar refractivity (Wildman–Crippen MR) is 124 cm³/mol. The first-order valence-corrected chi connectivity index (χ1v) is 10.8. The number of anilines is 4. The van der Waals surface area contributed by atoms with Gasteiger partial charge in [0.2, 0.25) is 17.8 Å². The summed E-state index contributed by atoms with van der Waals surface area (Å²) in [5.74, 6) is 2.02. The SMILES string of the molecule is Cc1cc(NC(=O)C(SCc2nc(N)nc(Nc3ccccc3)n2)c2ccccc2)no1. The number of rotatable bonds is 8. The van der Waals surface area contributed by atoms with E-state index < -0.39 is 5.25 Å². The summed E-state index contributed by atoms with van der Waals surface area (Å²) in [6, 6.07) is 20.7. The topological polar surface area (TPSA) is 132 Å². The van der Waals surface area contributed by atoms with E-state index in [2.05, 4.69) is 30.7 Å². The predicted octanol–water partition coefficient (Wildman–Crippen LogP) is 4.11. The normalized spacial score (nSPS) is 11.7. The molecule has 9 nitrogen and oxygen atoms in total. The summed E-state index contributed by atoms with van der Waals surface area (Å²) in [6.45, 7) is 1.76. The molecule has 0 aliphatic rings. The van der Waals surface area contributed by atoms with Crippen molar-refractivity contribution < 1.29 is 9.32 Å². The summed E-state index contributed by atoms with van der Waals surface area (Å²) in [7, 11) is 0. The van der Waals surface area contributed by atoms with E-state index in [1.54, 1.807) is 13.0 Å². The smallest absolute Gasteiger partial charge is 0.243 e. The molecule has 1 unspecified atom stereocenters. The van der Waals surface area contributed by atoms with Crippen LogP contribution >= 0.6 is 11.8 Å². The second kappa shape index (κ2) is 9.92. The van der Waals surface area contributed by atoms with Crippen molar-refractivity contribution in [3.8, 4) is 0 Å². The van der Waals surface area contributed by atoms with Gasteiger partial charge in [0.25, 0.3) is 0 Å². The second-order valence-corrected chi connectivity index (χ2v) is 7.93. The number of nitrogens with one attached hydrogen (secondary N) is 2. The summed E-state index contributed by atoms with van der Waals surface area (Å²) in [6.07, 6.45) is 0. The summed E-state index contributed by atoms with van der Waals surface area (Å²) >= 11 is 1.38. The van der Waals surface area contributed by atoms with Crippen LogP contribution in [0.5, 0.6) is 0 Å². The van der Waals surface area contributed by atoms with E-state index in [1.807, 2.05) is 60.7 Å². The molecular weight excluding hydrogens is 426 g/mol. The minimum Gasteiger partial charge on any atom is -0.368 e. The van der Waals surface area contributed by atoms with Gasteiger partial charge in [0.15, 0.2) is 5.82 Å². The molecule has 0 spiro atoms. The van der Waals surface area contributed by atoms with E-state index in [0.29, 0.717) is 29.1 Å². The van der Waals surface area contributed by atoms with Gasteiger partial charge in [-0.05, 0) is 24.6 Å². The lowest BCUT2D eigenvalue weighted by Crippen LogP contribution is -2.19. The molecule has 0 saturated carbocycles. The van der Waals surface area contributed by atoms with Crippen LogP contribution in [0.2, 0.25) is 0 Å².